The highest BCUT2D eigenvalue weighted by Crippen LogP contribution is 2.38. The average Bonchev–Trinajstić information content (AvgIpc) is 3.04. The number of rotatable bonds is 10. The van der Waals surface area contributed by atoms with Gasteiger partial charge in [0.2, 0.25) is 0 Å². The summed E-state index contributed by atoms with van der Waals surface area (Å²) in [4.78, 5) is 33.0. The number of imide groups is 1. The SMILES string of the molecule is O=C1N(Cc2ccccc2)C(=O)C2(CCN(CCCCCO)CC2)N1CCc1ccccc1. The standard InChI is InChI=1S/C27H35N3O3/c31-21-9-3-8-17-28-19-15-27(16-20-28)25(32)29(22-24-12-6-2-7-13-24)26(33)30(27)18-14-23-10-4-1-5-11-23/h1-2,4-7,10-13,31H,3,8-9,14-22H2. The van der Waals surface area contributed by atoms with Crippen LogP contribution in [0.15, 0.2) is 60.7 Å². The summed E-state index contributed by atoms with van der Waals surface area (Å²) in [6, 6.07) is 19.8. The summed E-state index contributed by atoms with van der Waals surface area (Å²) in [6.07, 6.45) is 5.01. The predicted molar refractivity (Wildman–Crippen MR) is 129 cm³/mol. The molecule has 0 atom stereocenters. The Morgan fingerprint density at radius 2 is 1.42 bits per heavy atom. The molecule has 0 aliphatic carbocycles. The zero-order chi connectivity index (χ0) is 23.1. The molecule has 6 heteroatoms. The molecule has 2 aliphatic heterocycles. The van der Waals surface area contributed by atoms with Gasteiger partial charge in [0.1, 0.15) is 5.54 Å². The van der Waals surface area contributed by atoms with Crippen molar-refractivity contribution in [3.63, 3.8) is 0 Å². The number of amides is 3. The molecule has 2 saturated heterocycles. The van der Waals surface area contributed by atoms with Gasteiger partial charge in [0, 0.05) is 26.2 Å². The number of hydrogen-bond donors (Lipinski definition) is 1. The van der Waals surface area contributed by atoms with E-state index >= 15 is 0 Å². The van der Waals surface area contributed by atoms with E-state index in [0.717, 1.165) is 50.9 Å². The van der Waals surface area contributed by atoms with Crippen molar-refractivity contribution in [2.45, 2.75) is 50.6 Å². The molecule has 4 rings (SSSR count). The summed E-state index contributed by atoms with van der Waals surface area (Å²) >= 11 is 0. The fraction of sp³-hybridized carbons (Fsp3) is 0.481. The molecule has 0 bridgehead atoms. The van der Waals surface area contributed by atoms with Crippen LogP contribution in [-0.2, 0) is 17.8 Å². The van der Waals surface area contributed by atoms with Crippen LogP contribution in [0.1, 0.15) is 43.2 Å². The quantitative estimate of drug-likeness (QED) is 0.444. The number of benzene rings is 2. The van der Waals surface area contributed by atoms with Gasteiger partial charge in [0.15, 0.2) is 0 Å². The molecule has 6 nitrogen and oxygen atoms in total. The molecule has 0 aromatic heterocycles. The maximum Gasteiger partial charge on any atom is 0.328 e. The lowest BCUT2D eigenvalue weighted by Crippen LogP contribution is -2.57. The number of aliphatic hydroxyl groups is 1. The zero-order valence-corrected chi connectivity index (χ0v) is 19.4. The molecule has 2 heterocycles. The van der Waals surface area contributed by atoms with Crippen molar-refractivity contribution in [1.82, 2.24) is 14.7 Å². The minimum atomic E-state index is -0.734. The molecule has 2 aliphatic rings. The number of nitrogens with zero attached hydrogens (tertiary/aromatic N) is 3. The van der Waals surface area contributed by atoms with Gasteiger partial charge < -0.3 is 14.9 Å². The lowest BCUT2D eigenvalue weighted by Gasteiger charge is -2.42. The van der Waals surface area contributed by atoms with Crippen molar-refractivity contribution < 1.29 is 14.7 Å². The molecule has 33 heavy (non-hydrogen) atoms. The van der Waals surface area contributed by atoms with Crippen LogP contribution in [0.4, 0.5) is 4.79 Å². The van der Waals surface area contributed by atoms with Crippen LogP contribution in [0.2, 0.25) is 0 Å². The molecular weight excluding hydrogens is 414 g/mol. The number of unbranched alkanes of at least 4 members (excludes halogenated alkanes) is 2. The maximum absolute atomic E-state index is 13.7. The van der Waals surface area contributed by atoms with Crippen LogP contribution in [0.25, 0.3) is 0 Å². The molecule has 0 saturated carbocycles. The second-order valence-electron chi connectivity index (χ2n) is 9.20. The van der Waals surface area contributed by atoms with Crippen LogP contribution < -0.4 is 0 Å². The largest absolute Gasteiger partial charge is 0.396 e. The first-order valence-corrected chi connectivity index (χ1v) is 12.2. The van der Waals surface area contributed by atoms with E-state index in [1.165, 1.54) is 10.5 Å². The topological polar surface area (TPSA) is 64.1 Å². The Bertz CT molecular complexity index is 911. The van der Waals surface area contributed by atoms with Crippen LogP contribution in [-0.4, -0.2) is 70.1 Å². The number of hydrogen-bond acceptors (Lipinski definition) is 4. The molecule has 0 radical (unpaired) electrons. The Morgan fingerprint density at radius 3 is 2.06 bits per heavy atom. The van der Waals surface area contributed by atoms with Crippen LogP contribution in [0.3, 0.4) is 0 Å². The van der Waals surface area contributed by atoms with Crippen molar-refractivity contribution >= 4 is 11.9 Å². The number of aliphatic hydroxyl groups excluding tert-OH is 1. The highest BCUT2D eigenvalue weighted by Gasteiger charge is 2.57. The minimum Gasteiger partial charge on any atom is -0.396 e. The number of urea groups is 1. The van der Waals surface area contributed by atoms with Crippen molar-refractivity contribution in [1.29, 1.82) is 0 Å². The second kappa shape index (κ2) is 10.9. The molecule has 1 spiro atoms. The third-order valence-corrected chi connectivity index (χ3v) is 7.09. The van der Waals surface area contributed by atoms with Gasteiger partial charge in [-0.25, -0.2) is 4.79 Å². The number of likely N-dealkylation sites (tertiary alicyclic amines) is 1. The first kappa shape index (κ1) is 23.5. The van der Waals surface area contributed by atoms with Gasteiger partial charge in [-0.05, 0) is 56.2 Å². The number of carbonyl (C=O) groups excluding carboxylic acids is 2. The summed E-state index contributed by atoms with van der Waals surface area (Å²) in [6.45, 7) is 3.74. The van der Waals surface area contributed by atoms with E-state index in [1.807, 2.05) is 53.4 Å². The van der Waals surface area contributed by atoms with Gasteiger partial charge in [-0.3, -0.25) is 9.69 Å². The minimum absolute atomic E-state index is 0.0376. The van der Waals surface area contributed by atoms with Crippen LogP contribution in [0, 0.1) is 0 Å². The molecular formula is C27H35N3O3. The number of carbonyl (C=O) groups is 2. The highest BCUT2D eigenvalue weighted by molar-refractivity contribution is 6.07. The Morgan fingerprint density at radius 1 is 0.788 bits per heavy atom. The van der Waals surface area contributed by atoms with E-state index in [0.29, 0.717) is 25.9 Å². The lowest BCUT2D eigenvalue weighted by atomic mass is 9.85. The van der Waals surface area contributed by atoms with Crippen molar-refractivity contribution in [2.75, 3.05) is 32.8 Å². The molecule has 0 unspecified atom stereocenters. The Balaban J connectivity index is 1.49. The van der Waals surface area contributed by atoms with Gasteiger partial charge in [-0.15, -0.1) is 0 Å². The maximum atomic E-state index is 13.7. The van der Waals surface area contributed by atoms with E-state index in [4.69, 9.17) is 5.11 Å². The number of piperidine rings is 1. The predicted octanol–water partition coefficient (Wildman–Crippen LogP) is 3.69. The second-order valence-corrected chi connectivity index (χ2v) is 9.20. The molecule has 2 aromatic rings. The normalized spacial score (nSPS) is 18.5. The molecule has 1 N–H and O–H groups in total. The monoisotopic (exact) mass is 449 g/mol. The van der Waals surface area contributed by atoms with Crippen molar-refractivity contribution in [3.8, 4) is 0 Å². The van der Waals surface area contributed by atoms with Crippen LogP contribution in [0.5, 0.6) is 0 Å². The van der Waals surface area contributed by atoms with Crippen molar-refractivity contribution in [2.24, 2.45) is 0 Å². The van der Waals surface area contributed by atoms with E-state index in [2.05, 4.69) is 17.0 Å². The zero-order valence-electron chi connectivity index (χ0n) is 19.4. The summed E-state index contributed by atoms with van der Waals surface area (Å²) in [7, 11) is 0. The smallest absolute Gasteiger partial charge is 0.328 e. The van der Waals surface area contributed by atoms with E-state index in [9.17, 15) is 9.59 Å². The Kier molecular flexibility index (Phi) is 7.78. The molecule has 2 aromatic carbocycles. The third kappa shape index (κ3) is 5.28. The molecule has 2 fully saturated rings. The van der Waals surface area contributed by atoms with Gasteiger partial charge >= 0.3 is 6.03 Å². The highest BCUT2D eigenvalue weighted by atomic mass is 16.3. The summed E-state index contributed by atoms with van der Waals surface area (Å²) in [5, 5.41) is 9.00. The van der Waals surface area contributed by atoms with Gasteiger partial charge in [0.05, 0.1) is 6.54 Å². The summed E-state index contributed by atoms with van der Waals surface area (Å²) < 4.78 is 0. The molecule has 3 amide bonds. The van der Waals surface area contributed by atoms with Gasteiger partial charge in [-0.2, -0.15) is 0 Å². The summed E-state index contributed by atoms with van der Waals surface area (Å²) in [5.41, 5.74) is 1.42. The first-order chi connectivity index (χ1) is 16.1. The van der Waals surface area contributed by atoms with Crippen molar-refractivity contribution in [3.05, 3.63) is 71.8 Å². The van der Waals surface area contributed by atoms with E-state index < -0.39 is 5.54 Å². The fourth-order valence-electron chi connectivity index (χ4n) is 5.14. The Labute approximate surface area is 196 Å². The average molecular weight is 450 g/mol. The fourth-order valence-corrected chi connectivity index (χ4v) is 5.14. The van der Waals surface area contributed by atoms with Gasteiger partial charge in [-0.1, -0.05) is 60.7 Å². The molecule has 176 valence electrons. The van der Waals surface area contributed by atoms with E-state index in [1.54, 1.807) is 0 Å². The Hall–Kier alpha value is -2.70. The third-order valence-electron chi connectivity index (χ3n) is 7.09. The van der Waals surface area contributed by atoms with Crippen LogP contribution >= 0.6 is 0 Å². The first-order valence-electron chi connectivity index (χ1n) is 12.2. The van der Waals surface area contributed by atoms with E-state index in [-0.39, 0.29) is 18.5 Å². The summed E-state index contributed by atoms with van der Waals surface area (Å²) in [5.74, 6) is -0.0376. The lowest BCUT2D eigenvalue weighted by molar-refractivity contribution is -0.136. The van der Waals surface area contributed by atoms with Gasteiger partial charge in [0.25, 0.3) is 5.91 Å².